The Balaban J connectivity index is 2.15. The zero-order valence-corrected chi connectivity index (χ0v) is 8.77. The molecule has 1 aliphatic carbocycles. The zero-order chi connectivity index (χ0) is 10.7. The van der Waals surface area contributed by atoms with Crippen LogP contribution in [0.15, 0.2) is 36.4 Å². The van der Waals surface area contributed by atoms with Gasteiger partial charge in [-0.15, -0.1) is 0 Å². The Labute approximate surface area is 89.6 Å². The van der Waals surface area contributed by atoms with Gasteiger partial charge in [0.2, 0.25) is 0 Å². The Morgan fingerprint density at radius 2 is 2.00 bits per heavy atom. The van der Waals surface area contributed by atoms with Crippen molar-refractivity contribution in [1.29, 1.82) is 0 Å². The van der Waals surface area contributed by atoms with Gasteiger partial charge in [-0.05, 0) is 36.1 Å². The molecule has 0 aliphatic heterocycles. The first-order valence-electron chi connectivity index (χ1n) is 5.13. The van der Waals surface area contributed by atoms with Crippen LogP contribution in [0.25, 0.3) is 0 Å². The molecule has 2 rings (SSSR count). The fourth-order valence-corrected chi connectivity index (χ4v) is 1.89. The quantitative estimate of drug-likeness (QED) is 0.737. The molecule has 2 nitrogen and oxygen atoms in total. The first kappa shape index (κ1) is 9.97. The molecule has 15 heavy (non-hydrogen) atoms. The fourth-order valence-electron chi connectivity index (χ4n) is 1.89. The molecule has 78 valence electrons. The van der Waals surface area contributed by atoms with Gasteiger partial charge in [0.05, 0.1) is 7.11 Å². The molecule has 0 N–H and O–H groups in total. The van der Waals surface area contributed by atoms with Crippen molar-refractivity contribution in [2.24, 2.45) is 0 Å². The Morgan fingerprint density at radius 1 is 1.27 bits per heavy atom. The number of carbonyl (C=O) groups excluding carboxylic acids is 1. The van der Waals surface area contributed by atoms with Gasteiger partial charge in [0.15, 0.2) is 5.78 Å². The third-order valence-corrected chi connectivity index (χ3v) is 2.76. The molecule has 2 heteroatoms. The average molecular weight is 202 g/mol. The predicted molar refractivity (Wildman–Crippen MR) is 59.1 cm³/mol. The van der Waals surface area contributed by atoms with E-state index in [9.17, 15) is 4.79 Å². The molecule has 0 aromatic heterocycles. The summed E-state index contributed by atoms with van der Waals surface area (Å²) in [6, 6.07) is 7.96. The second-order valence-corrected chi connectivity index (χ2v) is 3.78. The van der Waals surface area contributed by atoms with Crippen LogP contribution < -0.4 is 4.74 Å². The highest BCUT2D eigenvalue weighted by Crippen LogP contribution is 2.28. The van der Waals surface area contributed by atoms with Gasteiger partial charge in [-0.3, -0.25) is 4.79 Å². The summed E-state index contributed by atoms with van der Waals surface area (Å²) in [4.78, 5) is 11.3. The SMILES string of the molecule is COc1ccc([C@@H]2CC=CC(=O)C2)cc1. The molecule has 0 bridgehead atoms. The Bertz CT molecular complexity index is 376. The molecule has 0 saturated carbocycles. The van der Waals surface area contributed by atoms with Crippen molar-refractivity contribution in [2.45, 2.75) is 18.8 Å². The summed E-state index contributed by atoms with van der Waals surface area (Å²) in [5.74, 6) is 1.42. The van der Waals surface area contributed by atoms with Crippen LogP contribution in [0.1, 0.15) is 24.3 Å². The van der Waals surface area contributed by atoms with Crippen molar-refractivity contribution in [3.8, 4) is 5.75 Å². The van der Waals surface area contributed by atoms with Crippen molar-refractivity contribution in [3.05, 3.63) is 42.0 Å². The van der Waals surface area contributed by atoms with Gasteiger partial charge in [-0.1, -0.05) is 18.2 Å². The highest BCUT2D eigenvalue weighted by Gasteiger charge is 2.16. The topological polar surface area (TPSA) is 26.3 Å². The van der Waals surface area contributed by atoms with E-state index >= 15 is 0 Å². The highest BCUT2D eigenvalue weighted by molar-refractivity contribution is 5.91. The second-order valence-electron chi connectivity index (χ2n) is 3.78. The lowest BCUT2D eigenvalue weighted by Gasteiger charge is -2.17. The summed E-state index contributed by atoms with van der Waals surface area (Å²) in [5.41, 5.74) is 1.22. The van der Waals surface area contributed by atoms with Crippen LogP contribution in [0.2, 0.25) is 0 Å². The van der Waals surface area contributed by atoms with Crippen molar-refractivity contribution >= 4 is 5.78 Å². The van der Waals surface area contributed by atoms with Gasteiger partial charge in [0.1, 0.15) is 5.75 Å². The van der Waals surface area contributed by atoms with E-state index in [-0.39, 0.29) is 5.78 Å². The molecule has 0 radical (unpaired) electrons. The lowest BCUT2D eigenvalue weighted by molar-refractivity contribution is -0.115. The molecule has 0 amide bonds. The van der Waals surface area contributed by atoms with Crippen LogP contribution in [0.5, 0.6) is 5.75 Å². The Hall–Kier alpha value is -1.57. The number of hydrogen-bond donors (Lipinski definition) is 0. The van der Waals surface area contributed by atoms with Crippen LogP contribution in [-0.2, 0) is 4.79 Å². The number of carbonyl (C=O) groups is 1. The first-order valence-corrected chi connectivity index (χ1v) is 5.13. The van der Waals surface area contributed by atoms with Gasteiger partial charge in [0, 0.05) is 6.42 Å². The standard InChI is InChI=1S/C13H14O2/c1-15-13-7-5-10(6-8-13)11-3-2-4-12(14)9-11/h2,4-8,11H,3,9H2,1H3/t11-/m1/s1. The number of ketones is 1. The number of benzene rings is 1. The average Bonchev–Trinajstić information content (AvgIpc) is 2.29. The number of methoxy groups -OCH3 is 1. The number of hydrogen-bond acceptors (Lipinski definition) is 2. The van der Waals surface area contributed by atoms with E-state index in [1.54, 1.807) is 13.2 Å². The summed E-state index contributed by atoms with van der Waals surface area (Å²) < 4.78 is 5.10. The van der Waals surface area contributed by atoms with E-state index in [0.29, 0.717) is 12.3 Å². The van der Waals surface area contributed by atoms with E-state index in [4.69, 9.17) is 4.74 Å². The molecule has 0 spiro atoms. The zero-order valence-electron chi connectivity index (χ0n) is 8.77. The van der Waals surface area contributed by atoms with E-state index < -0.39 is 0 Å². The van der Waals surface area contributed by atoms with Crippen molar-refractivity contribution in [3.63, 3.8) is 0 Å². The molecule has 0 heterocycles. The maximum absolute atomic E-state index is 11.3. The molecule has 0 fully saturated rings. The van der Waals surface area contributed by atoms with E-state index in [2.05, 4.69) is 0 Å². The molecule has 1 aromatic rings. The highest BCUT2D eigenvalue weighted by atomic mass is 16.5. The molecule has 1 aromatic carbocycles. The van der Waals surface area contributed by atoms with Gasteiger partial charge in [-0.2, -0.15) is 0 Å². The Kier molecular flexibility index (Phi) is 2.86. The van der Waals surface area contributed by atoms with Gasteiger partial charge >= 0.3 is 0 Å². The monoisotopic (exact) mass is 202 g/mol. The first-order chi connectivity index (χ1) is 7.29. The number of allylic oxidation sites excluding steroid dienone is 2. The fraction of sp³-hybridized carbons (Fsp3) is 0.308. The Morgan fingerprint density at radius 3 is 2.60 bits per heavy atom. The summed E-state index contributed by atoms with van der Waals surface area (Å²) in [6.45, 7) is 0. The molecular formula is C13H14O2. The minimum absolute atomic E-state index is 0.224. The lowest BCUT2D eigenvalue weighted by Crippen LogP contribution is -2.08. The maximum atomic E-state index is 11.3. The van der Waals surface area contributed by atoms with Crippen LogP contribution in [-0.4, -0.2) is 12.9 Å². The number of ether oxygens (including phenoxy) is 1. The van der Waals surface area contributed by atoms with Gasteiger partial charge < -0.3 is 4.74 Å². The van der Waals surface area contributed by atoms with Crippen molar-refractivity contribution < 1.29 is 9.53 Å². The van der Waals surface area contributed by atoms with Crippen LogP contribution in [0.3, 0.4) is 0 Å². The summed E-state index contributed by atoms with van der Waals surface area (Å²) >= 11 is 0. The lowest BCUT2D eigenvalue weighted by atomic mass is 9.87. The predicted octanol–water partition coefficient (Wildman–Crippen LogP) is 2.70. The van der Waals surface area contributed by atoms with Crippen molar-refractivity contribution in [1.82, 2.24) is 0 Å². The maximum Gasteiger partial charge on any atom is 0.155 e. The summed E-state index contributed by atoms with van der Waals surface area (Å²) in [7, 11) is 1.65. The van der Waals surface area contributed by atoms with Crippen LogP contribution in [0, 0.1) is 0 Å². The van der Waals surface area contributed by atoms with E-state index in [1.807, 2.05) is 30.3 Å². The van der Waals surface area contributed by atoms with Gasteiger partial charge in [0.25, 0.3) is 0 Å². The molecule has 1 aliphatic rings. The van der Waals surface area contributed by atoms with Crippen LogP contribution in [0.4, 0.5) is 0 Å². The summed E-state index contributed by atoms with van der Waals surface area (Å²) in [6.07, 6.45) is 5.22. The largest absolute Gasteiger partial charge is 0.497 e. The third-order valence-electron chi connectivity index (χ3n) is 2.76. The minimum atomic E-state index is 0.224. The number of rotatable bonds is 2. The molecule has 0 unspecified atom stereocenters. The van der Waals surface area contributed by atoms with Gasteiger partial charge in [-0.25, -0.2) is 0 Å². The molecule has 1 atom stereocenters. The minimum Gasteiger partial charge on any atom is -0.497 e. The normalized spacial score (nSPS) is 20.3. The van der Waals surface area contributed by atoms with E-state index in [1.165, 1.54) is 5.56 Å². The smallest absolute Gasteiger partial charge is 0.155 e. The molecular weight excluding hydrogens is 188 g/mol. The van der Waals surface area contributed by atoms with E-state index in [0.717, 1.165) is 12.2 Å². The van der Waals surface area contributed by atoms with Crippen molar-refractivity contribution in [2.75, 3.05) is 7.11 Å². The second kappa shape index (κ2) is 4.30. The summed E-state index contributed by atoms with van der Waals surface area (Å²) in [5, 5.41) is 0. The molecule has 0 saturated heterocycles. The van der Waals surface area contributed by atoms with Crippen LogP contribution >= 0.6 is 0 Å². The third kappa shape index (κ3) is 2.27.